The van der Waals surface area contributed by atoms with Crippen molar-refractivity contribution in [3.8, 4) is 0 Å². The molecule has 0 radical (unpaired) electrons. The molecule has 0 spiro atoms. The zero-order valence-electron chi connectivity index (χ0n) is 61.0. The fourth-order valence-corrected chi connectivity index (χ4v) is 14.1. The lowest BCUT2D eigenvalue weighted by Gasteiger charge is -2.44. The Balaban J connectivity index is 0.000000298. The van der Waals surface area contributed by atoms with Crippen LogP contribution in [0.4, 0.5) is 19.2 Å². The van der Waals surface area contributed by atoms with Crippen LogP contribution in [0.2, 0.25) is 0 Å². The normalized spacial score (nSPS) is 13.9. The topological polar surface area (TPSA) is 314 Å². The second kappa shape index (κ2) is 47.0. The SMILES string of the molecule is O=CC(Cc1ccccc1)NCCCCCCCCC(Cc1ccccc1)C(Cc1ccccc1)(NC(=O)O)NC(Cc1ccccc1)C(=O)NC(=O)O.O=CC(Cc1ccccc1)NCCCCCCC[C@@H](Cc1ccccc1)C(Cc1ccccc1)(NC(=O)O)N[C@@H](Cc1ccccc1)C(=O)NC(=O)O. The van der Waals surface area contributed by atoms with Gasteiger partial charge in [0.05, 0.1) is 24.2 Å². The Hall–Kier alpha value is -10.6. The Morgan fingerprint density at radius 1 is 0.299 bits per heavy atom. The van der Waals surface area contributed by atoms with E-state index in [1.807, 2.05) is 253 Å². The lowest BCUT2D eigenvalue weighted by molar-refractivity contribution is -0.124. The number of rotatable bonds is 47. The largest absolute Gasteiger partial charge is 0.465 e. The third-order valence-corrected chi connectivity index (χ3v) is 19.3. The maximum absolute atomic E-state index is 13.5. The third-order valence-electron chi connectivity index (χ3n) is 19.3. The number of aldehydes is 2. The molecule has 8 atom stereocenters. The molecule has 20 heteroatoms. The minimum absolute atomic E-state index is 0.139. The highest BCUT2D eigenvalue weighted by atomic mass is 16.4. The molecule has 8 aromatic carbocycles. The standard InChI is InChI=1S/C44H54N4O6.C43H52N4O6/c49-33-39(30-35-21-11-6-12-22-35)45-28-18-4-2-1-3-17-27-38(29-34-19-9-5-10-20-34)44(48-43(53)54,32-37-25-15-8-16-26-37)47-40(41(50)46-42(51)52)31-36-23-13-7-14-24-36;48-32-38(29-34-20-10-5-11-21-34)44-27-17-3-1-2-16-26-37(28-33-18-8-4-9-19-33)43(47-42(52)53,31-36-24-14-7-15-25-36)46-39(40(49)45-41(50)51)30-35-22-12-6-13-23-35/h5-16,19-26,33,38-40,45,47-48H,1-4,17-18,27-32H2,(H,46,50)(H,51,52)(H,53,54);4-15,18-25,32,37-39,44,46-47H,1-3,16-17,26-31H2,(H,45,49)(H,50,51)(H,52,53)/t;37-,38?,39-,43?/m.0/s1. The van der Waals surface area contributed by atoms with Crippen LogP contribution in [-0.4, -0.2) is 118 Å². The fraction of sp³-hybridized carbons (Fsp3) is 0.356. The molecule has 0 saturated heterocycles. The fourth-order valence-electron chi connectivity index (χ4n) is 14.1. The molecule has 0 heterocycles. The summed E-state index contributed by atoms with van der Waals surface area (Å²) in [5, 5.41) is 63.1. The molecule has 0 aliphatic heterocycles. The van der Waals surface area contributed by atoms with Crippen molar-refractivity contribution < 1.29 is 58.8 Å². The summed E-state index contributed by atoms with van der Waals surface area (Å²) in [4.78, 5) is 99.2. The Bertz CT molecular complexity index is 3880. The average molecular weight is 1460 g/mol. The first-order chi connectivity index (χ1) is 52.0. The molecule has 8 rings (SSSR count). The molecule has 0 bridgehead atoms. The van der Waals surface area contributed by atoms with Gasteiger partial charge in [0, 0.05) is 12.8 Å². The monoisotopic (exact) mass is 1450 g/mol. The average Bonchev–Trinajstić information content (AvgIpc) is 0.793. The van der Waals surface area contributed by atoms with Crippen molar-refractivity contribution in [3.05, 3.63) is 287 Å². The van der Waals surface area contributed by atoms with Crippen LogP contribution in [0.1, 0.15) is 128 Å². The van der Waals surface area contributed by atoms with Gasteiger partial charge in [0.2, 0.25) is 11.8 Å². The van der Waals surface area contributed by atoms with Crippen molar-refractivity contribution in [1.82, 2.24) is 42.5 Å². The molecule has 12 N–H and O–H groups in total. The molecule has 6 amide bonds. The Labute approximate surface area is 629 Å². The van der Waals surface area contributed by atoms with E-state index in [1.54, 1.807) is 0 Å². The highest BCUT2D eigenvalue weighted by Gasteiger charge is 2.45. The molecule has 20 nitrogen and oxygen atoms in total. The van der Waals surface area contributed by atoms with Crippen LogP contribution in [0.5, 0.6) is 0 Å². The summed E-state index contributed by atoms with van der Waals surface area (Å²) in [6.45, 7) is 1.50. The highest BCUT2D eigenvalue weighted by molar-refractivity contribution is 5.95. The highest BCUT2D eigenvalue weighted by Crippen LogP contribution is 2.33. The van der Waals surface area contributed by atoms with Crippen LogP contribution in [0.25, 0.3) is 0 Å². The Morgan fingerprint density at radius 3 is 0.804 bits per heavy atom. The van der Waals surface area contributed by atoms with Crippen molar-refractivity contribution in [2.75, 3.05) is 13.1 Å². The number of hydrogen-bond acceptors (Lipinski definition) is 12. The van der Waals surface area contributed by atoms with Gasteiger partial charge < -0.3 is 51.3 Å². The van der Waals surface area contributed by atoms with Crippen molar-refractivity contribution in [1.29, 1.82) is 0 Å². The van der Waals surface area contributed by atoms with E-state index in [0.717, 1.165) is 141 Å². The van der Waals surface area contributed by atoms with Gasteiger partial charge in [-0.2, -0.15) is 0 Å². The quantitative estimate of drug-likeness (QED) is 0.00958. The second-order valence-corrected chi connectivity index (χ2v) is 27.5. The zero-order valence-corrected chi connectivity index (χ0v) is 61.0. The van der Waals surface area contributed by atoms with Gasteiger partial charge in [-0.3, -0.25) is 30.9 Å². The van der Waals surface area contributed by atoms with Crippen LogP contribution in [0.3, 0.4) is 0 Å². The molecule has 0 saturated carbocycles. The molecule has 107 heavy (non-hydrogen) atoms. The van der Waals surface area contributed by atoms with Crippen molar-refractivity contribution >= 4 is 48.8 Å². The van der Waals surface area contributed by atoms with Gasteiger partial charge in [0.1, 0.15) is 23.9 Å². The summed E-state index contributed by atoms with van der Waals surface area (Å²) in [5.74, 6) is -2.17. The maximum atomic E-state index is 13.5. The molecule has 8 aromatic rings. The molecule has 0 fully saturated rings. The molecule has 6 unspecified atom stereocenters. The summed E-state index contributed by atoms with van der Waals surface area (Å²) >= 11 is 0. The number of carboxylic acid groups (broad SMARTS) is 4. The van der Waals surface area contributed by atoms with Gasteiger partial charge in [0.25, 0.3) is 0 Å². The van der Waals surface area contributed by atoms with Gasteiger partial charge in [-0.15, -0.1) is 0 Å². The van der Waals surface area contributed by atoms with Crippen LogP contribution >= 0.6 is 0 Å². The molecular formula is C87H106N8O12. The molecular weight excluding hydrogens is 1350 g/mol. The van der Waals surface area contributed by atoms with Crippen LogP contribution < -0.4 is 42.5 Å². The Kier molecular flexibility index (Phi) is 36.8. The first kappa shape index (κ1) is 83.6. The van der Waals surface area contributed by atoms with Crippen LogP contribution in [0, 0.1) is 11.8 Å². The van der Waals surface area contributed by atoms with Crippen molar-refractivity contribution in [2.45, 2.75) is 170 Å². The Morgan fingerprint density at radius 2 is 0.542 bits per heavy atom. The molecule has 0 aliphatic rings. The number of benzene rings is 8. The predicted molar refractivity (Wildman–Crippen MR) is 418 cm³/mol. The summed E-state index contributed by atoms with van der Waals surface area (Å²) in [7, 11) is 0. The van der Waals surface area contributed by atoms with Crippen LogP contribution in [0.15, 0.2) is 243 Å². The number of amides is 6. The number of imide groups is 2. The van der Waals surface area contributed by atoms with E-state index in [9.17, 15) is 58.8 Å². The van der Waals surface area contributed by atoms with Crippen molar-refractivity contribution in [3.63, 3.8) is 0 Å². The van der Waals surface area contributed by atoms with Gasteiger partial charge in [-0.1, -0.05) is 300 Å². The van der Waals surface area contributed by atoms with E-state index in [4.69, 9.17) is 0 Å². The van der Waals surface area contributed by atoms with E-state index >= 15 is 0 Å². The molecule has 0 aliphatic carbocycles. The third kappa shape index (κ3) is 31.5. The maximum Gasteiger partial charge on any atom is 0.411 e. The van der Waals surface area contributed by atoms with Crippen LogP contribution in [-0.2, 0) is 70.5 Å². The summed E-state index contributed by atoms with van der Waals surface area (Å²) in [5.41, 5.74) is 4.90. The second-order valence-electron chi connectivity index (χ2n) is 27.5. The number of unbranched alkanes of at least 4 members (excludes halogenated alkanes) is 9. The number of nitrogens with one attached hydrogen (secondary N) is 8. The van der Waals surface area contributed by atoms with Gasteiger partial charge >= 0.3 is 24.4 Å². The smallest absolute Gasteiger partial charge is 0.411 e. The number of carbonyl (C=O) groups excluding carboxylic acids is 4. The number of carbonyl (C=O) groups is 8. The van der Waals surface area contributed by atoms with Gasteiger partial charge in [-0.05, 0) is 134 Å². The first-order valence-electron chi connectivity index (χ1n) is 37.4. The molecule has 0 aromatic heterocycles. The van der Waals surface area contributed by atoms with Crippen molar-refractivity contribution in [2.24, 2.45) is 11.8 Å². The number of hydrogen-bond donors (Lipinski definition) is 12. The minimum atomic E-state index is -1.48. The van der Waals surface area contributed by atoms with E-state index < -0.39 is 59.6 Å². The zero-order chi connectivity index (χ0) is 76.2. The van der Waals surface area contributed by atoms with E-state index in [0.29, 0.717) is 38.5 Å². The summed E-state index contributed by atoms with van der Waals surface area (Å²) in [6.07, 6.45) is 11.2. The van der Waals surface area contributed by atoms with E-state index in [1.165, 1.54) is 0 Å². The lowest BCUT2D eigenvalue weighted by atomic mass is 9.78. The minimum Gasteiger partial charge on any atom is -0.465 e. The predicted octanol–water partition coefficient (Wildman–Crippen LogP) is 14.0. The summed E-state index contributed by atoms with van der Waals surface area (Å²) in [6, 6.07) is 74.6. The van der Waals surface area contributed by atoms with E-state index in [-0.39, 0.29) is 49.6 Å². The molecule has 566 valence electrons. The van der Waals surface area contributed by atoms with E-state index in [2.05, 4.69) is 31.9 Å². The van der Waals surface area contributed by atoms with Gasteiger partial charge in [0.15, 0.2) is 0 Å². The first-order valence-corrected chi connectivity index (χ1v) is 37.4. The summed E-state index contributed by atoms with van der Waals surface area (Å²) < 4.78 is 0. The lowest BCUT2D eigenvalue weighted by Crippen LogP contribution is -2.69. The van der Waals surface area contributed by atoms with Gasteiger partial charge in [-0.25, -0.2) is 19.2 Å².